The van der Waals surface area contributed by atoms with Crippen molar-refractivity contribution in [2.45, 2.75) is 64.1 Å². The molecular weight excluding hydrogens is 396 g/mol. The molecule has 0 aliphatic carbocycles. The first kappa shape index (κ1) is 27.3. The van der Waals surface area contributed by atoms with Crippen LogP contribution in [0.25, 0.3) is 0 Å². The van der Waals surface area contributed by atoms with Gasteiger partial charge in [-0.05, 0) is 31.7 Å². The van der Waals surface area contributed by atoms with E-state index in [1.807, 2.05) is 0 Å². The maximum atomic E-state index is 12.4. The number of carbonyl (C=O) groups is 5. The number of carboxylic acid groups (broad SMARTS) is 1. The van der Waals surface area contributed by atoms with Gasteiger partial charge in [0.15, 0.2) is 0 Å². The van der Waals surface area contributed by atoms with E-state index < -0.39 is 54.3 Å². The molecule has 0 bridgehead atoms. The molecule has 0 aromatic rings. The first-order valence-electron chi connectivity index (χ1n) is 9.83. The van der Waals surface area contributed by atoms with Gasteiger partial charge in [-0.25, -0.2) is 4.79 Å². The van der Waals surface area contributed by atoms with Gasteiger partial charge < -0.3 is 38.3 Å². The van der Waals surface area contributed by atoms with Crippen LogP contribution in [-0.2, 0) is 24.0 Å². The monoisotopic (exact) mass is 430 g/mol. The summed E-state index contributed by atoms with van der Waals surface area (Å²) in [6, 6.07) is -3.09. The molecule has 3 atom stereocenters. The molecule has 12 heteroatoms. The second-order valence-corrected chi connectivity index (χ2v) is 7.30. The first-order valence-corrected chi connectivity index (χ1v) is 9.83. The number of amides is 4. The lowest BCUT2D eigenvalue weighted by Gasteiger charge is -2.21. The van der Waals surface area contributed by atoms with E-state index >= 15 is 0 Å². The quantitative estimate of drug-likeness (QED) is 0.138. The zero-order chi connectivity index (χ0) is 23.3. The number of unbranched alkanes of at least 4 members (excludes halogenated alkanes) is 1. The molecule has 0 rings (SSSR count). The molecule has 0 aromatic carbocycles. The molecule has 0 aliphatic rings. The smallest absolute Gasteiger partial charge is 0.326 e. The Morgan fingerprint density at radius 1 is 0.967 bits per heavy atom. The summed E-state index contributed by atoms with van der Waals surface area (Å²) in [6.45, 7) is 3.23. The van der Waals surface area contributed by atoms with E-state index in [1.54, 1.807) is 13.8 Å². The Morgan fingerprint density at radius 3 is 2.10 bits per heavy atom. The molecule has 12 nitrogen and oxygen atoms in total. The topological polar surface area (TPSA) is 220 Å². The summed E-state index contributed by atoms with van der Waals surface area (Å²) in [6.07, 6.45) is 1.48. The number of rotatable bonds is 15. The number of aliphatic carboxylic acids is 1. The Labute approximate surface area is 175 Å². The summed E-state index contributed by atoms with van der Waals surface area (Å²) >= 11 is 0. The predicted molar refractivity (Wildman–Crippen MR) is 109 cm³/mol. The molecule has 0 aromatic heterocycles. The average Bonchev–Trinajstić information content (AvgIpc) is 2.66. The van der Waals surface area contributed by atoms with Crippen molar-refractivity contribution in [3.63, 3.8) is 0 Å². The lowest BCUT2D eigenvalue weighted by atomic mass is 10.0. The Morgan fingerprint density at radius 2 is 1.60 bits per heavy atom. The largest absolute Gasteiger partial charge is 0.480 e. The van der Waals surface area contributed by atoms with Crippen molar-refractivity contribution < 1.29 is 29.1 Å². The number of nitrogens with one attached hydrogen (secondary N) is 3. The highest BCUT2D eigenvalue weighted by Crippen LogP contribution is 2.03. The maximum Gasteiger partial charge on any atom is 0.326 e. The van der Waals surface area contributed by atoms with Crippen molar-refractivity contribution >= 4 is 29.6 Å². The lowest BCUT2D eigenvalue weighted by Crippen LogP contribution is -2.54. The number of nitrogens with two attached hydrogens (primary N) is 3. The van der Waals surface area contributed by atoms with E-state index in [-0.39, 0.29) is 18.8 Å². The number of hydrogen-bond donors (Lipinski definition) is 7. The first-order chi connectivity index (χ1) is 14.0. The van der Waals surface area contributed by atoms with Crippen molar-refractivity contribution in [3.05, 3.63) is 0 Å². The van der Waals surface area contributed by atoms with Crippen LogP contribution in [0.1, 0.15) is 46.0 Å². The number of carboxylic acids is 1. The minimum Gasteiger partial charge on any atom is -0.480 e. The van der Waals surface area contributed by atoms with E-state index in [2.05, 4.69) is 16.0 Å². The highest BCUT2D eigenvalue weighted by atomic mass is 16.4. The summed E-state index contributed by atoms with van der Waals surface area (Å²) < 4.78 is 0. The summed E-state index contributed by atoms with van der Waals surface area (Å²) in [7, 11) is 0. The standard InChI is InChI=1S/C18H34N6O6/c1-10(2)15(18(29)30)24-14(26)9-22-17(28)12(6-7-13(21)25)23-16(27)11(20)5-3-4-8-19/h10-12,15H,3-9,19-20H2,1-2H3,(H2,21,25)(H,22,28)(H,23,27)(H,24,26)(H,29,30). The number of carbonyl (C=O) groups excluding carboxylic acids is 4. The van der Waals surface area contributed by atoms with Gasteiger partial charge in [-0.15, -0.1) is 0 Å². The van der Waals surface area contributed by atoms with Crippen LogP contribution in [0.4, 0.5) is 0 Å². The SMILES string of the molecule is CC(C)C(NC(=O)CNC(=O)C(CCC(N)=O)NC(=O)C(N)CCCCN)C(=O)O. The van der Waals surface area contributed by atoms with Crippen LogP contribution < -0.4 is 33.2 Å². The predicted octanol–water partition coefficient (Wildman–Crippen LogP) is -2.47. The van der Waals surface area contributed by atoms with Gasteiger partial charge in [-0.1, -0.05) is 20.3 Å². The Hall–Kier alpha value is -2.73. The van der Waals surface area contributed by atoms with Gasteiger partial charge >= 0.3 is 5.97 Å². The summed E-state index contributed by atoms with van der Waals surface area (Å²) in [5.41, 5.74) is 16.3. The molecule has 30 heavy (non-hydrogen) atoms. The van der Waals surface area contributed by atoms with E-state index in [0.717, 1.165) is 0 Å². The Kier molecular flexibility index (Phi) is 13.0. The summed E-state index contributed by atoms with van der Waals surface area (Å²) in [4.78, 5) is 58.8. The van der Waals surface area contributed by atoms with Crippen molar-refractivity contribution in [3.8, 4) is 0 Å². The van der Waals surface area contributed by atoms with Crippen LogP contribution in [0, 0.1) is 5.92 Å². The molecule has 0 aliphatic heterocycles. The highest BCUT2D eigenvalue weighted by molar-refractivity contribution is 5.92. The van der Waals surface area contributed by atoms with Gasteiger partial charge in [-0.2, -0.15) is 0 Å². The molecule has 0 heterocycles. The van der Waals surface area contributed by atoms with Crippen LogP contribution >= 0.6 is 0 Å². The van der Waals surface area contributed by atoms with Crippen LogP contribution in [-0.4, -0.2) is 65.9 Å². The zero-order valence-electron chi connectivity index (χ0n) is 17.5. The molecule has 0 radical (unpaired) electrons. The van der Waals surface area contributed by atoms with Crippen LogP contribution in [0.5, 0.6) is 0 Å². The molecule has 0 saturated heterocycles. The molecule has 0 fully saturated rings. The fourth-order valence-electron chi connectivity index (χ4n) is 2.50. The van der Waals surface area contributed by atoms with Gasteiger partial charge in [0.05, 0.1) is 12.6 Å². The maximum absolute atomic E-state index is 12.4. The lowest BCUT2D eigenvalue weighted by molar-refractivity contribution is -0.143. The fourth-order valence-corrected chi connectivity index (χ4v) is 2.50. The Balaban J connectivity index is 4.85. The molecule has 0 saturated carbocycles. The van der Waals surface area contributed by atoms with Gasteiger partial charge in [-0.3, -0.25) is 19.2 Å². The van der Waals surface area contributed by atoms with Gasteiger partial charge in [0.2, 0.25) is 23.6 Å². The summed E-state index contributed by atoms with van der Waals surface area (Å²) in [5.74, 6) is -4.21. The van der Waals surface area contributed by atoms with Gasteiger partial charge in [0.25, 0.3) is 0 Å². The van der Waals surface area contributed by atoms with Crippen molar-refractivity contribution in [2.24, 2.45) is 23.1 Å². The van der Waals surface area contributed by atoms with E-state index in [4.69, 9.17) is 22.3 Å². The highest BCUT2D eigenvalue weighted by Gasteiger charge is 2.26. The van der Waals surface area contributed by atoms with E-state index in [1.165, 1.54) is 0 Å². The van der Waals surface area contributed by atoms with Crippen LogP contribution in [0.3, 0.4) is 0 Å². The van der Waals surface area contributed by atoms with Gasteiger partial charge in [0, 0.05) is 6.42 Å². The molecular formula is C18H34N6O6. The number of hydrogen-bond acceptors (Lipinski definition) is 7. The Bertz CT molecular complexity index is 612. The molecule has 172 valence electrons. The van der Waals surface area contributed by atoms with Crippen molar-refractivity contribution in [1.82, 2.24) is 16.0 Å². The third-order valence-corrected chi connectivity index (χ3v) is 4.29. The number of primary amides is 1. The minimum absolute atomic E-state index is 0.0756. The zero-order valence-corrected chi connectivity index (χ0v) is 17.5. The van der Waals surface area contributed by atoms with Gasteiger partial charge in [0.1, 0.15) is 12.1 Å². The normalized spacial score (nSPS) is 13.8. The second kappa shape index (κ2) is 14.3. The fraction of sp³-hybridized carbons (Fsp3) is 0.722. The van der Waals surface area contributed by atoms with Crippen molar-refractivity contribution in [2.75, 3.05) is 13.1 Å². The van der Waals surface area contributed by atoms with Crippen LogP contribution in [0.2, 0.25) is 0 Å². The molecule has 0 spiro atoms. The average molecular weight is 431 g/mol. The minimum atomic E-state index is -1.19. The molecule has 4 amide bonds. The van der Waals surface area contributed by atoms with Crippen LogP contribution in [0.15, 0.2) is 0 Å². The van der Waals surface area contributed by atoms with E-state index in [0.29, 0.717) is 25.8 Å². The third kappa shape index (κ3) is 11.3. The van der Waals surface area contributed by atoms with Crippen molar-refractivity contribution in [1.29, 1.82) is 0 Å². The summed E-state index contributed by atoms with van der Waals surface area (Å²) in [5, 5.41) is 16.2. The molecule has 10 N–H and O–H groups in total. The van der Waals surface area contributed by atoms with E-state index in [9.17, 15) is 24.0 Å². The molecule has 3 unspecified atom stereocenters. The second-order valence-electron chi connectivity index (χ2n) is 7.30. The third-order valence-electron chi connectivity index (χ3n) is 4.29.